The van der Waals surface area contributed by atoms with Crippen LogP contribution in [0.4, 0.5) is 4.39 Å². The molecule has 0 fully saturated rings. The van der Waals surface area contributed by atoms with Crippen molar-refractivity contribution in [1.29, 1.82) is 0 Å². The highest BCUT2D eigenvalue weighted by atomic mass is 19.1. The lowest BCUT2D eigenvalue weighted by Gasteiger charge is -2.28. The Hall–Kier alpha value is -1.46. The van der Waals surface area contributed by atoms with Crippen LogP contribution in [-0.4, -0.2) is 30.3 Å². The maximum Gasteiger partial charge on any atom is 0.240 e. The van der Waals surface area contributed by atoms with Crippen LogP contribution in [0.5, 0.6) is 0 Å². The maximum absolute atomic E-state index is 12.0. The Morgan fingerprint density at radius 2 is 1.76 bits per heavy atom. The molecule has 0 spiro atoms. The SMILES string of the molecule is CC(=O)N[C@H](C(N)=O)C(CCCCCC(=O)CF)C(C)C. The lowest BCUT2D eigenvalue weighted by atomic mass is 9.83. The van der Waals surface area contributed by atoms with Crippen molar-refractivity contribution in [3.05, 3.63) is 0 Å². The molecular weight excluding hydrogens is 275 g/mol. The molecule has 0 bridgehead atoms. The van der Waals surface area contributed by atoms with Crippen molar-refractivity contribution in [2.45, 2.75) is 58.9 Å². The normalized spacial score (nSPS) is 13.8. The third-order valence-electron chi connectivity index (χ3n) is 3.59. The molecule has 0 radical (unpaired) electrons. The quantitative estimate of drug-likeness (QED) is 0.570. The van der Waals surface area contributed by atoms with Crippen molar-refractivity contribution >= 4 is 17.6 Å². The number of Topliss-reactive ketones (excluding diaryl/α,β-unsaturated/α-hetero) is 1. The molecule has 0 heterocycles. The van der Waals surface area contributed by atoms with Crippen LogP contribution in [-0.2, 0) is 14.4 Å². The third kappa shape index (κ3) is 8.42. The summed E-state index contributed by atoms with van der Waals surface area (Å²) in [7, 11) is 0. The van der Waals surface area contributed by atoms with Gasteiger partial charge in [0.1, 0.15) is 12.7 Å². The summed E-state index contributed by atoms with van der Waals surface area (Å²) in [6, 6.07) is -0.671. The molecule has 0 rings (SSSR count). The second-order valence-corrected chi connectivity index (χ2v) is 5.76. The van der Waals surface area contributed by atoms with Gasteiger partial charge in [-0.2, -0.15) is 0 Å². The van der Waals surface area contributed by atoms with Crippen molar-refractivity contribution in [2.75, 3.05) is 6.67 Å². The van der Waals surface area contributed by atoms with Crippen LogP contribution in [0, 0.1) is 11.8 Å². The zero-order chi connectivity index (χ0) is 16.4. The Balaban J connectivity index is 4.37. The van der Waals surface area contributed by atoms with E-state index in [4.69, 9.17) is 5.73 Å². The summed E-state index contributed by atoms with van der Waals surface area (Å²) in [5, 5.41) is 2.61. The summed E-state index contributed by atoms with van der Waals surface area (Å²) >= 11 is 0. The minimum absolute atomic E-state index is 0.0386. The van der Waals surface area contributed by atoms with E-state index in [1.807, 2.05) is 13.8 Å². The van der Waals surface area contributed by atoms with Crippen molar-refractivity contribution in [1.82, 2.24) is 5.32 Å². The van der Waals surface area contributed by atoms with E-state index < -0.39 is 18.6 Å². The number of alkyl halides is 1. The van der Waals surface area contributed by atoms with E-state index in [0.717, 1.165) is 19.3 Å². The van der Waals surface area contributed by atoms with Gasteiger partial charge in [0.15, 0.2) is 5.78 Å². The Kier molecular flexibility index (Phi) is 9.58. The number of hydrogen-bond acceptors (Lipinski definition) is 3. The Bertz CT molecular complexity index is 359. The first-order chi connectivity index (χ1) is 9.79. The van der Waals surface area contributed by atoms with Gasteiger partial charge in [-0.05, 0) is 24.7 Å². The standard InChI is InChI=1S/C15H27FN2O3/c1-10(2)13(14(15(17)21)18-11(3)19)8-6-4-5-7-12(20)9-16/h10,13-14H,4-9H2,1-3H3,(H2,17,21)(H,18,19)/t13?,14-/m0/s1. The lowest BCUT2D eigenvalue weighted by Crippen LogP contribution is -2.49. The summed E-state index contributed by atoms with van der Waals surface area (Å²) in [6.45, 7) is 4.42. The van der Waals surface area contributed by atoms with Crippen molar-refractivity contribution in [3.8, 4) is 0 Å². The minimum atomic E-state index is -0.902. The number of nitrogens with two attached hydrogens (primary N) is 1. The minimum Gasteiger partial charge on any atom is -0.368 e. The van der Waals surface area contributed by atoms with E-state index in [1.165, 1.54) is 6.92 Å². The largest absolute Gasteiger partial charge is 0.368 e. The number of amides is 2. The monoisotopic (exact) mass is 302 g/mol. The van der Waals surface area contributed by atoms with Gasteiger partial charge >= 0.3 is 0 Å². The van der Waals surface area contributed by atoms with E-state index in [0.29, 0.717) is 6.42 Å². The highest BCUT2D eigenvalue weighted by Crippen LogP contribution is 2.23. The van der Waals surface area contributed by atoms with Gasteiger partial charge < -0.3 is 11.1 Å². The van der Waals surface area contributed by atoms with E-state index >= 15 is 0 Å². The molecule has 122 valence electrons. The second kappa shape index (κ2) is 10.3. The number of carbonyl (C=O) groups is 3. The fraction of sp³-hybridized carbons (Fsp3) is 0.800. The number of ketones is 1. The molecule has 3 N–H and O–H groups in total. The highest BCUT2D eigenvalue weighted by Gasteiger charge is 2.29. The van der Waals surface area contributed by atoms with E-state index in [9.17, 15) is 18.8 Å². The number of primary amides is 1. The fourth-order valence-electron chi connectivity index (χ4n) is 2.44. The van der Waals surface area contributed by atoms with E-state index in [-0.39, 0.29) is 29.9 Å². The summed E-state index contributed by atoms with van der Waals surface area (Å²) in [6.07, 6.45) is 3.24. The first-order valence-corrected chi connectivity index (χ1v) is 7.43. The molecule has 0 aliphatic carbocycles. The molecule has 1 unspecified atom stereocenters. The van der Waals surface area contributed by atoms with Gasteiger partial charge in [0, 0.05) is 13.3 Å². The molecule has 6 heteroatoms. The Morgan fingerprint density at radius 3 is 2.19 bits per heavy atom. The molecule has 5 nitrogen and oxygen atoms in total. The number of hydrogen-bond donors (Lipinski definition) is 2. The van der Waals surface area contributed by atoms with Crippen LogP contribution in [0.2, 0.25) is 0 Å². The summed E-state index contributed by atoms with van der Waals surface area (Å²) in [5.74, 6) is -1.02. The van der Waals surface area contributed by atoms with Crippen molar-refractivity contribution < 1.29 is 18.8 Å². The fourth-order valence-corrected chi connectivity index (χ4v) is 2.44. The number of nitrogens with one attached hydrogen (secondary N) is 1. The van der Waals surface area contributed by atoms with Gasteiger partial charge in [0.25, 0.3) is 0 Å². The Morgan fingerprint density at radius 1 is 1.14 bits per heavy atom. The van der Waals surface area contributed by atoms with Gasteiger partial charge in [-0.15, -0.1) is 0 Å². The van der Waals surface area contributed by atoms with E-state index in [2.05, 4.69) is 5.32 Å². The number of unbranched alkanes of at least 4 members (excludes halogenated alkanes) is 2. The molecule has 0 aromatic carbocycles. The molecule has 0 aromatic heterocycles. The van der Waals surface area contributed by atoms with Gasteiger partial charge in [0.05, 0.1) is 0 Å². The lowest BCUT2D eigenvalue weighted by molar-refractivity contribution is -0.128. The average molecular weight is 302 g/mol. The van der Waals surface area contributed by atoms with E-state index in [1.54, 1.807) is 0 Å². The molecule has 21 heavy (non-hydrogen) atoms. The zero-order valence-corrected chi connectivity index (χ0v) is 13.2. The maximum atomic E-state index is 12.0. The molecule has 2 atom stereocenters. The third-order valence-corrected chi connectivity index (χ3v) is 3.59. The first kappa shape index (κ1) is 19.5. The van der Waals surface area contributed by atoms with Crippen LogP contribution in [0.3, 0.4) is 0 Å². The Labute approximate surface area is 125 Å². The van der Waals surface area contributed by atoms with Gasteiger partial charge in [0.2, 0.25) is 11.8 Å². The molecule has 0 aliphatic rings. The van der Waals surface area contributed by atoms with Gasteiger partial charge in [-0.1, -0.05) is 26.7 Å². The highest BCUT2D eigenvalue weighted by molar-refractivity contribution is 5.85. The number of halogens is 1. The van der Waals surface area contributed by atoms with Gasteiger partial charge in [-0.3, -0.25) is 14.4 Å². The first-order valence-electron chi connectivity index (χ1n) is 7.43. The zero-order valence-electron chi connectivity index (χ0n) is 13.2. The molecule has 0 saturated carbocycles. The van der Waals surface area contributed by atoms with Crippen molar-refractivity contribution in [3.63, 3.8) is 0 Å². The van der Waals surface area contributed by atoms with Crippen LogP contribution < -0.4 is 11.1 Å². The molecule has 2 amide bonds. The smallest absolute Gasteiger partial charge is 0.240 e. The van der Waals surface area contributed by atoms with Crippen LogP contribution >= 0.6 is 0 Å². The average Bonchev–Trinajstić information content (AvgIpc) is 2.39. The predicted octanol–water partition coefficient (Wildman–Crippen LogP) is 1.74. The summed E-state index contributed by atoms with van der Waals surface area (Å²) in [4.78, 5) is 33.5. The number of carbonyl (C=O) groups excluding carboxylic acids is 3. The molecule has 0 saturated heterocycles. The van der Waals surface area contributed by atoms with Crippen molar-refractivity contribution in [2.24, 2.45) is 17.6 Å². The molecule has 0 aromatic rings. The topological polar surface area (TPSA) is 89.3 Å². The van der Waals surface area contributed by atoms with Crippen LogP contribution in [0.1, 0.15) is 52.9 Å². The second-order valence-electron chi connectivity index (χ2n) is 5.76. The molecular formula is C15H27FN2O3. The molecule has 0 aliphatic heterocycles. The van der Waals surface area contributed by atoms with Crippen LogP contribution in [0.25, 0.3) is 0 Å². The van der Waals surface area contributed by atoms with Crippen LogP contribution in [0.15, 0.2) is 0 Å². The number of rotatable bonds is 11. The summed E-state index contributed by atoms with van der Waals surface area (Å²) in [5.41, 5.74) is 5.37. The predicted molar refractivity (Wildman–Crippen MR) is 79.2 cm³/mol. The van der Waals surface area contributed by atoms with Gasteiger partial charge in [-0.25, -0.2) is 4.39 Å². The summed E-state index contributed by atoms with van der Waals surface area (Å²) < 4.78 is 12.0.